The average Bonchev–Trinajstić information content (AvgIpc) is 2.94. The quantitative estimate of drug-likeness (QED) is 0.608. The normalized spacial score (nSPS) is 12.9. The summed E-state index contributed by atoms with van der Waals surface area (Å²) in [5, 5.41) is 4.15. The predicted octanol–water partition coefficient (Wildman–Crippen LogP) is 0.810. The molecule has 17 heavy (non-hydrogen) atoms. The van der Waals surface area contributed by atoms with Gasteiger partial charge in [0.25, 0.3) is 0 Å². The predicted molar refractivity (Wildman–Crippen MR) is 66.3 cm³/mol. The summed E-state index contributed by atoms with van der Waals surface area (Å²) >= 11 is 1.61. The molecule has 0 fully saturated rings. The number of thiazole rings is 1. The van der Waals surface area contributed by atoms with Crippen LogP contribution in [-0.2, 0) is 13.0 Å². The van der Waals surface area contributed by atoms with Crippen molar-refractivity contribution in [1.82, 2.24) is 25.2 Å². The van der Waals surface area contributed by atoms with Crippen molar-refractivity contribution in [1.29, 1.82) is 0 Å². The Bertz CT molecular complexity index is 477. The van der Waals surface area contributed by atoms with Gasteiger partial charge in [0.15, 0.2) is 0 Å². The molecule has 0 bridgehead atoms. The van der Waals surface area contributed by atoms with Gasteiger partial charge >= 0.3 is 0 Å². The Balaban J connectivity index is 2.19. The Morgan fingerprint density at radius 3 is 2.94 bits per heavy atom. The van der Waals surface area contributed by atoms with Crippen LogP contribution in [0.4, 0.5) is 0 Å². The summed E-state index contributed by atoms with van der Waals surface area (Å²) in [4.78, 5) is 9.64. The van der Waals surface area contributed by atoms with E-state index in [0.717, 1.165) is 22.9 Å². The first kappa shape index (κ1) is 12.2. The first-order valence-electron chi connectivity index (χ1n) is 5.49. The van der Waals surface area contributed by atoms with Crippen molar-refractivity contribution in [3.63, 3.8) is 0 Å². The van der Waals surface area contributed by atoms with Crippen LogP contribution in [0.3, 0.4) is 0 Å². The molecule has 0 saturated carbocycles. The first-order chi connectivity index (χ1) is 8.26. The van der Waals surface area contributed by atoms with Gasteiger partial charge in [-0.15, -0.1) is 11.3 Å². The number of aromatic nitrogens is 4. The summed E-state index contributed by atoms with van der Waals surface area (Å²) in [6, 6.07) is 0.0389. The van der Waals surface area contributed by atoms with Gasteiger partial charge in [-0.05, 0) is 13.8 Å². The highest BCUT2D eigenvalue weighted by molar-refractivity contribution is 7.09. The van der Waals surface area contributed by atoms with Gasteiger partial charge < -0.3 is 0 Å². The molecule has 2 aromatic rings. The van der Waals surface area contributed by atoms with E-state index in [0.29, 0.717) is 6.42 Å². The number of hydrogen-bond donors (Lipinski definition) is 2. The maximum atomic E-state index is 5.61. The second-order valence-electron chi connectivity index (χ2n) is 3.72. The molecule has 6 nitrogen and oxygen atoms in total. The first-order valence-corrected chi connectivity index (χ1v) is 6.37. The molecule has 0 saturated heterocycles. The number of nitrogens with one attached hydrogen (secondary N) is 1. The molecule has 0 radical (unpaired) electrons. The summed E-state index contributed by atoms with van der Waals surface area (Å²) in [6.45, 7) is 4.84. The fourth-order valence-electron chi connectivity index (χ4n) is 1.77. The highest BCUT2D eigenvalue weighted by Gasteiger charge is 2.17. The van der Waals surface area contributed by atoms with Crippen molar-refractivity contribution in [2.75, 3.05) is 0 Å². The molecule has 2 heterocycles. The van der Waals surface area contributed by atoms with E-state index in [-0.39, 0.29) is 6.04 Å². The monoisotopic (exact) mass is 252 g/mol. The molecule has 3 N–H and O–H groups in total. The Morgan fingerprint density at radius 1 is 1.53 bits per heavy atom. The van der Waals surface area contributed by atoms with Crippen LogP contribution in [0.15, 0.2) is 11.8 Å². The van der Waals surface area contributed by atoms with E-state index in [4.69, 9.17) is 5.84 Å². The van der Waals surface area contributed by atoms with Crippen molar-refractivity contribution in [3.05, 3.63) is 28.2 Å². The lowest BCUT2D eigenvalue weighted by Crippen LogP contribution is -2.30. The van der Waals surface area contributed by atoms with Crippen molar-refractivity contribution < 1.29 is 0 Å². The Labute approximate surface area is 104 Å². The Morgan fingerprint density at radius 2 is 2.35 bits per heavy atom. The molecule has 0 aliphatic carbocycles. The van der Waals surface area contributed by atoms with Gasteiger partial charge in [0.1, 0.15) is 12.2 Å². The summed E-state index contributed by atoms with van der Waals surface area (Å²) < 4.78 is 1.88. The van der Waals surface area contributed by atoms with Crippen molar-refractivity contribution in [2.24, 2.45) is 5.84 Å². The lowest BCUT2D eigenvalue weighted by atomic mass is 10.1. The number of hydrogen-bond acceptors (Lipinski definition) is 6. The molecule has 0 aromatic carbocycles. The molecule has 1 unspecified atom stereocenters. The lowest BCUT2D eigenvalue weighted by Gasteiger charge is -2.14. The molecule has 0 aliphatic heterocycles. The smallest absolute Gasteiger partial charge is 0.138 e. The zero-order chi connectivity index (χ0) is 12.3. The molecule has 7 heteroatoms. The third-order valence-corrected chi connectivity index (χ3v) is 3.73. The molecule has 92 valence electrons. The van der Waals surface area contributed by atoms with Gasteiger partial charge in [0.2, 0.25) is 0 Å². The zero-order valence-corrected chi connectivity index (χ0v) is 10.7. The van der Waals surface area contributed by atoms with E-state index in [9.17, 15) is 0 Å². The number of nitrogens with two attached hydrogens (primary N) is 1. The SMILES string of the molecule is CCn1ncnc1CC(NN)c1scnc1C. The van der Waals surface area contributed by atoms with E-state index < -0.39 is 0 Å². The fourth-order valence-corrected chi connectivity index (χ4v) is 2.63. The van der Waals surface area contributed by atoms with Gasteiger partial charge in [-0.3, -0.25) is 16.0 Å². The van der Waals surface area contributed by atoms with E-state index in [2.05, 4.69) is 20.5 Å². The molecular formula is C10H16N6S. The molecule has 2 aromatic heterocycles. The number of nitrogens with zero attached hydrogens (tertiary/aromatic N) is 4. The van der Waals surface area contributed by atoms with Gasteiger partial charge in [-0.1, -0.05) is 0 Å². The van der Waals surface area contributed by atoms with Crippen LogP contribution < -0.4 is 11.3 Å². The maximum Gasteiger partial charge on any atom is 0.138 e. The van der Waals surface area contributed by atoms with Gasteiger partial charge in [0.05, 0.1) is 17.2 Å². The van der Waals surface area contributed by atoms with Crippen LogP contribution in [0.5, 0.6) is 0 Å². The van der Waals surface area contributed by atoms with Crippen molar-refractivity contribution >= 4 is 11.3 Å². The Kier molecular flexibility index (Phi) is 3.82. The van der Waals surface area contributed by atoms with E-state index in [1.54, 1.807) is 17.7 Å². The third kappa shape index (κ3) is 2.51. The number of rotatable bonds is 5. The molecule has 0 aliphatic rings. The average molecular weight is 252 g/mol. The van der Waals surface area contributed by atoms with E-state index in [1.807, 2.05) is 24.0 Å². The molecule has 1 atom stereocenters. The summed E-state index contributed by atoms with van der Waals surface area (Å²) in [5.41, 5.74) is 5.67. The molecular weight excluding hydrogens is 236 g/mol. The van der Waals surface area contributed by atoms with Gasteiger partial charge in [-0.25, -0.2) is 9.97 Å². The minimum Gasteiger partial charge on any atom is -0.271 e. The topological polar surface area (TPSA) is 81.7 Å². The highest BCUT2D eigenvalue weighted by atomic mass is 32.1. The minimum atomic E-state index is 0.0389. The fraction of sp³-hybridized carbons (Fsp3) is 0.500. The minimum absolute atomic E-state index is 0.0389. The summed E-state index contributed by atoms with van der Waals surface area (Å²) in [5.74, 6) is 6.55. The second-order valence-corrected chi connectivity index (χ2v) is 4.60. The summed E-state index contributed by atoms with van der Waals surface area (Å²) in [6.07, 6.45) is 2.29. The van der Waals surface area contributed by atoms with Crippen LogP contribution >= 0.6 is 11.3 Å². The standard InChI is InChI=1S/C10H16N6S/c1-3-16-9(12-5-14-16)4-8(15-11)10-7(2)13-6-17-10/h5-6,8,15H,3-4,11H2,1-2H3. The third-order valence-electron chi connectivity index (χ3n) is 2.68. The van der Waals surface area contributed by atoms with Gasteiger partial charge in [-0.2, -0.15) is 5.10 Å². The van der Waals surface area contributed by atoms with Crippen LogP contribution in [-0.4, -0.2) is 19.7 Å². The number of hydrazine groups is 1. The van der Waals surface area contributed by atoms with Crippen molar-refractivity contribution in [3.8, 4) is 0 Å². The van der Waals surface area contributed by atoms with Gasteiger partial charge in [0, 0.05) is 17.8 Å². The van der Waals surface area contributed by atoms with Crippen molar-refractivity contribution in [2.45, 2.75) is 32.9 Å². The second kappa shape index (κ2) is 5.35. The van der Waals surface area contributed by atoms with Crippen LogP contribution in [0.1, 0.15) is 29.4 Å². The lowest BCUT2D eigenvalue weighted by molar-refractivity contribution is 0.514. The largest absolute Gasteiger partial charge is 0.271 e. The van der Waals surface area contributed by atoms with E-state index in [1.165, 1.54) is 0 Å². The highest BCUT2D eigenvalue weighted by Crippen LogP contribution is 2.23. The number of aryl methyl sites for hydroxylation is 2. The molecule has 0 spiro atoms. The Hall–Kier alpha value is -1.31. The molecule has 2 rings (SSSR count). The summed E-state index contributed by atoms with van der Waals surface area (Å²) in [7, 11) is 0. The maximum absolute atomic E-state index is 5.61. The van der Waals surface area contributed by atoms with Crippen LogP contribution in [0.2, 0.25) is 0 Å². The zero-order valence-electron chi connectivity index (χ0n) is 9.92. The van der Waals surface area contributed by atoms with Crippen LogP contribution in [0, 0.1) is 6.92 Å². The molecule has 0 amide bonds. The van der Waals surface area contributed by atoms with Crippen LogP contribution in [0.25, 0.3) is 0 Å². The van der Waals surface area contributed by atoms with E-state index >= 15 is 0 Å².